The monoisotopic (exact) mass is 619 g/mol. The Morgan fingerprint density at radius 1 is 0.651 bits per heavy atom. The molecule has 0 bridgehead atoms. The van der Waals surface area contributed by atoms with Crippen LogP contribution in [0.5, 0.6) is 0 Å². The maximum Gasteiger partial charge on any atom is 0.267 e. The fraction of sp³-hybridized carbons (Fsp3) is 0.639. The fourth-order valence-corrected chi connectivity index (χ4v) is 5.19. The second-order valence-corrected chi connectivity index (χ2v) is 12.6. The molecule has 0 aromatic carbocycles. The summed E-state index contributed by atoms with van der Waals surface area (Å²) in [5.41, 5.74) is 0. The van der Waals surface area contributed by atoms with Crippen molar-refractivity contribution in [2.75, 3.05) is 5.75 Å². The predicted octanol–water partition coefficient (Wildman–Crippen LogP) is 9.12. The van der Waals surface area contributed by atoms with Crippen molar-refractivity contribution in [1.82, 2.24) is 5.32 Å². The number of carbonyl (C=O) groups excluding carboxylic acids is 1. The largest absolute Gasteiger partial charge is 0.387 e. The van der Waals surface area contributed by atoms with E-state index < -0.39 is 33.9 Å². The van der Waals surface area contributed by atoms with Crippen molar-refractivity contribution in [2.45, 2.75) is 142 Å². The first-order chi connectivity index (χ1) is 20.8. The summed E-state index contributed by atoms with van der Waals surface area (Å²) in [6.07, 6.45) is 41.9. The lowest BCUT2D eigenvalue weighted by Gasteiger charge is -2.20. The van der Waals surface area contributed by atoms with Crippen LogP contribution in [0, 0.1) is 0 Å². The molecular formula is C36H61NO5S. The Balaban J connectivity index is 4.24. The molecule has 0 aliphatic heterocycles. The Labute approximate surface area is 264 Å². The maximum absolute atomic E-state index is 12.4. The minimum atomic E-state index is -4.37. The Morgan fingerprint density at radius 2 is 1.09 bits per heavy atom. The summed E-state index contributed by atoms with van der Waals surface area (Å²) in [5.74, 6) is -1.15. The third-order valence-corrected chi connectivity index (χ3v) is 7.70. The minimum absolute atomic E-state index is 0.0602. The number of aliphatic hydroxyl groups is 1. The Kier molecular flexibility index (Phi) is 28.3. The molecule has 7 heteroatoms. The molecule has 0 aromatic rings. The van der Waals surface area contributed by atoms with Crippen molar-refractivity contribution < 1.29 is 22.9 Å². The molecule has 2 unspecified atom stereocenters. The van der Waals surface area contributed by atoms with E-state index in [0.717, 1.165) is 44.9 Å². The van der Waals surface area contributed by atoms with Crippen LogP contribution in [0.4, 0.5) is 0 Å². The topological polar surface area (TPSA) is 104 Å². The van der Waals surface area contributed by atoms with Gasteiger partial charge in [0.05, 0.1) is 17.9 Å². The first-order valence-corrected chi connectivity index (χ1v) is 18.2. The zero-order valence-electron chi connectivity index (χ0n) is 27.0. The molecule has 1 amide bonds. The SMILES string of the molecule is CC/C=C\C/C=C\C/C=C\C/C=C\C/C=C\CC(=O)NC(CS(=O)(=O)O)C(O)/C=C/CCCCCCCCCCCCC. The molecular weight excluding hydrogens is 558 g/mol. The highest BCUT2D eigenvalue weighted by molar-refractivity contribution is 7.85. The molecule has 0 aromatic heterocycles. The van der Waals surface area contributed by atoms with Gasteiger partial charge in [0.1, 0.15) is 0 Å². The van der Waals surface area contributed by atoms with Crippen molar-refractivity contribution in [3.63, 3.8) is 0 Å². The third kappa shape index (κ3) is 31.0. The highest BCUT2D eigenvalue weighted by Gasteiger charge is 2.24. The summed E-state index contributed by atoms with van der Waals surface area (Å²) >= 11 is 0. The van der Waals surface area contributed by atoms with Crippen LogP contribution in [0.2, 0.25) is 0 Å². The smallest absolute Gasteiger partial charge is 0.267 e. The third-order valence-electron chi connectivity index (χ3n) is 6.92. The molecule has 0 heterocycles. The highest BCUT2D eigenvalue weighted by atomic mass is 32.2. The van der Waals surface area contributed by atoms with Crippen LogP contribution >= 0.6 is 0 Å². The van der Waals surface area contributed by atoms with Gasteiger partial charge in [0.25, 0.3) is 10.1 Å². The quantitative estimate of drug-likeness (QED) is 0.0460. The van der Waals surface area contributed by atoms with Crippen molar-refractivity contribution in [3.05, 3.63) is 72.9 Å². The number of rotatable bonds is 28. The Morgan fingerprint density at radius 3 is 1.56 bits per heavy atom. The van der Waals surface area contributed by atoms with Crippen molar-refractivity contribution >= 4 is 16.0 Å². The van der Waals surface area contributed by atoms with Gasteiger partial charge in [-0.15, -0.1) is 0 Å². The van der Waals surface area contributed by atoms with Crippen molar-refractivity contribution in [2.24, 2.45) is 0 Å². The predicted molar refractivity (Wildman–Crippen MR) is 184 cm³/mol. The van der Waals surface area contributed by atoms with E-state index in [1.807, 2.05) is 18.2 Å². The number of hydrogen-bond acceptors (Lipinski definition) is 4. The fourth-order valence-electron chi connectivity index (χ4n) is 4.46. The normalized spacial score (nSPS) is 14.4. The molecule has 0 aliphatic carbocycles. The van der Waals surface area contributed by atoms with Crippen LogP contribution in [0.3, 0.4) is 0 Å². The van der Waals surface area contributed by atoms with E-state index in [0.29, 0.717) is 6.42 Å². The Hall–Kier alpha value is -2.22. The van der Waals surface area contributed by atoms with E-state index in [2.05, 4.69) is 61.7 Å². The van der Waals surface area contributed by atoms with E-state index >= 15 is 0 Å². The van der Waals surface area contributed by atoms with Crippen molar-refractivity contribution in [3.8, 4) is 0 Å². The molecule has 0 rings (SSSR count). The minimum Gasteiger partial charge on any atom is -0.387 e. The van der Waals surface area contributed by atoms with Gasteiger partial charge in [-0.3, -0.25) is 9.35 Å². The van der Waals surface area contributed by atoms with E-state index in [1.54, 1.807) is 6.08 Å². The average molecular weight is 620 g/mol. The van der Waals surface area contributed by atoms with Crippen LogP contribution in [-0.4, -0.2) is 41.9 Å². The zero-order chi connectivity index (χ0) is 31.9. The van der Waals surface area contributed by atoms with E-state index in [-0.39, 0.29) is 6.42 Å². The number of aliphatic hydroxyl groups excluding tert-OH is 1. The lowest BCUT2D eigenvalue weighted by Crippen LogP contribution is -2.46. The summed E-state index contributed by atoms with van der Waals surface area (Å²) < 4.78 is 32.2. The lowest BCUT2D eigenvalue weighted by molar-refractivity contribution is -0.121. The zero-order valence-corrected chi connectivity index (χ0v) is 27.9. The van der Waals surface area contributed by atoms with Gasteiger partial charge in [-0.05, 0) is 44.9 Å². The van der Waals surface area contributed by atoms with E-state index in [1.165, 1.54) is 63.9 Å². The molecule has 246 valence electrons. The van der Waals surface area contributed by atoms with Gasteiger partial charge in [0.15, 0.2) is 0 Å². The van der Waals surface area contributed by atoms with Gasteiger partial charge < -0.3 is 10.4 Å². The molecule has 0 aliphatic rings. The van der Waals surface area contributed by atoms with Crippen molar-refractivity contribution in [1.29, 1.82) is 0 Å². The maximum atomic E-state index is 12.4. The summed E-state index contributed by atoms with van der Waals surface area (Å²) in [7, 11) is -4.37. The molecule has 0 radical (unpaired) electrons. The number of hydrogen-bond donors (Lipinski definition) is 3. The number of allylic oxidation sites excluding steroid dienone is 10. The molecule has 0 spiro atoms. The molecule has 6 nitrogen and oxygen atoms in total. The Bertz CT molecular complexity index is 947. The molecule has 0 saturated carbocycles. The lowest BCUT2D eigenvalue weighted by atomic mass is 10.0. The number of carbonyl (C=O) groups is 1. The molecule has 2 atom stereocenters. The summed E-state index contributed by atoms with van der Waals surface area (Å²) in [4.78, 5) is 12.4. The van der Waals surface area contributed by atoms with E-state index in [4.69, 9.17) is 0 Å². The number of unbranched alkanes of at least 4 members (excludes halogenated alkanes) is 11. The van der Waals surface area contributed by atoms with Crippen LogP contribution in [0.25, 0.3) is 0 Å². The van der Waals surface area contributed by atoms with E-state index in [9.17, 15) is 22.9 Å². The van der Waals surface area contributed by atoms with Crippen LogP contribution < -0.4 is 5.32 Å². The van der Waals surface area contributed by atoms with Gasteiger partial charge in [-0.1, -0.05) is 151 Å². The summed E-state index contributed by atoms with van der Waals surface area (Å²) in [6.45, 7) is 4.36. The van der Waals surface area contributed by atoms with Crippen LogP contribution in [-0.2, 0) is 14.9 Å². The van der Waals surface area contributed by atoms with Gasteiger partial charge in [-0.2, -0.15) is 8.42 Å². The summed E-state index contributed by atoms with van der Waals surface area (Å²) in [5, 5.41) is 13.0. The second-order valence-electron chi connectivity index (χ2n) is 11.1. The van der Waals surface area contributed by atoms with Crippen LogP contribution in [0.1, 0.15) is 129 Å². The van der Waals surface area contributed by atoms with Gasteiger partial charge in [0.2, 0.25) is 5.91 Å². The molecule has 0 saturated heterocycles. The van der Waals surface area contributed by atoms with Gasteiger partial charge in [0, 0.05) is 6.42 Å². The number of nitrogens with one attached hydrogen (secondary N) is 1. The van der Waals surface area contributed by atoms with Crippen LogP contribution in [0.15, 0.2) is 72.9 Å². The molecule has 3 N–H and O–H groups in total. The first kappa shape index (κ1) is 40.8. The first-order valence-electron chi connectivity index (χ1n) is 16.6. The summed E-state index contributed by atoms with van der Waals surface area (Å²) in [6, 6.07) is -1.11. The average Bonchev–Trinajstić information content (AvgIpc) is 2.96. The highest BCUT2D eigenvalue weighted by Crippen LogP contribution is 2.12. The molecule has 43 heavy (non-hydrogen) atoms. The second kappa shape index (κ2) is 29.8. The van der Waals surface area contributed by atoms with Gasteiger partial charge >= 0.3 is 0 Å². The van der Waals surface area contributed by atoms with Gasteiger partial charge in [-0.25, -0.2) is 0 Å². The number of amides is 1. The molecule has 0 fully saturated rings. The standard InChI is InChI=1S/C36H61NO5S/c1-3-5-7-9-11-13-15-17-18-20-22-24-26-28-30-32-36(39)37-34(33-43(40,41)42)35(38)31-29-27-25-23-21-19-16-14-12-10-8-6-4-2/h5,7,11,13,17-18,22,24,28-31,34-35,38H,3-4,6,8-10,12,14-16,19-21,23,25-27,32-33H2,1-2H3,(H,37,39)(H,40,41,42)/b7-5-,13-11-,18-17-,24-22-,30-28-,31-29+.